The second kappa shape index (κ2) is 6.71. The van der Waals surface area contributed by atoms with E-state index in [1.165, 1.54) is 24.3 Å². The molecule has 5 unspecified atom stereocenters. The molecule has 2 aliphatic rings. The quantitative estimate of drug-likeness (QED) is 0.410. The Morgan fingerprint density at radius 2 is 1.83 bits per heavy atom. The maximum atomic E-state index is 12.8. The van der Waals surface area contributed by atoms with Gasteiger partial charge in [0.15, 0.2) is 11.5 Å². The fraction of sp³-hybridized carbons (Fsp3) is 0.286. The molecule has 2 aromatic carbocycles. The van der Waals surface area contributed by atoms with E-state index in [-0.39, 0.29) is 33.8 Å². The Hall–Kier alpha value is -3.11. The van der Waals surface area contributed by atoms with Crippen LogP contribution in [0.15, 0.2) is 45.6 Å². The zero-order chi connectivity index (χ0) is 21.2. The summed E-state index contributed by atoms with van der Waals surface area (Å²) in [6.45, 7) is -0.541. The van der Waals surface area contributed by atoms with Gasteiger partial charge in [0, 0.05) is 17.7 Å². The van der Waals surface area contributed by atoms with Gasteiger partial charge in [-0.15, -0.1) is 0 Å². The van der Waals surface area contributed by atoms with Crippen molar-refractivity contribution in [2.75, 3.05) is 6.61 Å². The van der Waals surface area contributed by atoms with E-state index in [9.17, 15) is 30.3 Å². The molecule has 0 bridgehead atoms. The van der Waals surface area contributed by atoms with Crippen LogP contribution in [0.2, 0.25) is 0 Å². The van der Waals surface area contributed by atoms with E-state index in [1.54, 1.807) is 12.1 Å². The topological polar surface area (TPSA) is 150 Å². The summed E-state index contributed by atoms with van der Waals surface area (Å²) in [5, 5.41) is 50.3. The molecule has 2 aliphatic heterocycles. The number of benzene rings is 2. The van der Waals surface area contributed by atoms with Crippen LogP contribution in [0.1, 0.15) is 11.7 Å². The van der Waals surface area contributed by atoms with E-state index in [4.69, 9.17) is 13.9 Å². The number of phenols is 2. The number of rotatable bonds is 2. The van der Waals surface area contributed by atoms with Crippen LogP contribution in [-0.4, -0.2) is 56.6 Å². The predicted molar refractivity (Wildman–Crippen MR) is 102 cm³/mol. The van der Waals surface area contributed by atoms with Gasteiger partial charge in [0.1, 0.15) is 58.4 Å². The Labute approximate surface area is 169 Å². The smallest absolute Gasteiger partial charge is 0.197 e. The van der Waals surface area contributed by atoms with Gasteiger partial charge in [-0.3, -0.25) is 4.79 Å². The molecule has 0 amide bonds. The largest absolute Gasteiger partial charge is 0.508 e. The number of hydrogen-bond acceptors (Lipinski definition) is 9. The highest BCUT2D eigenvalue weighted by Crippen LogP contribution is 2.50. The number of hydrogen-bond donors (Lipinski definition) is 5. The van der Waals surface area contributed by atoms with Gasteiger partial charge < -0.3 is 39.4 Å². The number of aromatic hydroxyl groups is 2. The van der Waals surface area contributed by atoms with Gasteiger partial charge in [-0.1, -0.05) is 12.1 Å². The van der Waals surface area contributed by atoms with Gasteiger partial charge in [0.05, 0.1) is 12.2 Å². The predicted octanol–water partition coefficient (Wildman–Crippen LogP) is 0.786. The average Bonchev–Trinajstić information content (AvgIpc) is 3.09. The second-order valence-corrected chi connectivity index (χ2v) is 7.38. The van der Waals surface area contributed by atoms with Crippen molar-refractivity contribution < 1.29 is 39.4 Å². The molecular formula is C21H18O9. The third-order valence-electron chi connectivity index (χ3n) is 5.54. The standard InChI is InChI=1S/C21H18O9/c22-7-14-17(25)19(27)21-20(30-14)16-13(29-21)6-12-15(18(16)26)10(24)5-11(28-12)8-2-1-3-9(23)4-8/h1-6,14,17,19-23,25-27H,7H2. The Kier molecular flexibility index (Phi) is 4.23. The molecule has 3 heterocycles. The van der Waals surface area contributed by atoms with Crippen molar-refractivity contribution >= 4 is 11.0 Å². The third-order valence-corrected chi connectivity index (χ3v) is 5.54. The summed E-state index contributed by atoms with van der Waals surface area (Å²) in [7, 11) is 0. The molecule has 3 aromatic rings. The van der Waals surface area contributed by atoms with Crippen LogP contribution in [0.25, 0.3) is 22.3 Å². The molecule has 5 rings (SSSR count). The zero-order valence-electron chi connectivity index (χ0n) is 15.4. The summed E-state index contributed by atoms with van der Waals surface area (Å²) >= 11 is 0. The first-order valence-corrected chi connectivity index (χ1v) is 9.31. The average molecular weight is 414 g/mol. The Bertz CT molecular complexity index is 1200. The Morgan fingerprint density at radius 3 is 2.57 bits per heavy atom. The normalized spacial score (nSPS) is 27.5. The van der Waals surface area contributed by atoms with Crippen LogP contribution in [0.5, 0.6) is 17.2 Å². The minimum Gasteiger partial charge on any atom is -0.508 e. The first kappa shape index (κ1) is 18.9. The lowest BCUT2D eigenvalue weighted by molar-refractivity contribution is -0.215. The van der Waals surface area contributed by atoms with Gasteiger partial charge in [0.25, 0.3) is 0 Å². The molecule has 156 valence electrons. The molecule has 0 radical (unpaired) electrons. The van der Waals surface area contributed by atoms with Crippen molar-refractivity contribution in [1.82, 2.24) is 0 Å². The molecule has 9 nitrogen and oxygen atoms in total. The van der Waals surface area contributed by atoms with E-state index in [1.807, 2.05) is 0 Å². The maximum absolute atomic E-state index is 12.8. The second-order valence-electron chi connectivity index (χ2n) is 7.38. The SMILES string of the molecule is O=c1cc(-c2cccc(O)c2)oc2cc3c(c(O)c12)C1OC(CO)C(O)C(O)C1O3. The van der Waals surface area contributed by atoms with Gasteiger partial charge >= 0.3 is 0 Å². The molecule has 0 spiro atoms. The molecular weight excluding hydrogens is 396 g/mol. The van der Waals surface area contributed by atoms with E-state index >= 15 is 0 Å². The van der Waals surface area contributed by atoms with E-state index in [0.717, 1.165) is 0 Å². The van der Waals surface area contributed by atoms with Crippen LogP contribution in [0.3, 0.4) is 0 Å². The van der Waals surface area contributed by atoms with Crippen LogP contribution >= 0.6 is 0 Å². The molecule has 1 fully saturated rings. The summed E-state index contributed by atoms with van der Waals surface area (Å²) in [4.78, 5) is 12.8. The summed E-state index contributed by atoms with van der Waals surface area (Å²) in [5.74, 6) is -0.0876. The number of fused-ring (bicyclic) bond motifs is 4. The van der Waals surface area contributed by atoms with Gasteiger partial charge in [-0.2, -0.15) is 0 Å². The molecule has 1 aromatic heterocycles. The Morgan fingerprint density at radius 1 is 1.03 bits per heavy atom. The molecule has 1 saturated heterocycles. The highest BCUT2D eigenvalue weighted by molar-refractivity contribution is 5.88. The van der Waals surface area contributed by atoms with Crippen molar-refractivity contribution in [2.45, 2.75) is 30.5 Å². The van der Waals surface area contributed by atoms with Crippen LogP contribution < -0.4 is 10.2 Å². The summed E-state index contributed by atoms with van der Waals surface area (Å²) in [6.07, 6.45) is -5.83. The van der Waals surface area contributed by atoms with Crippen LogP contribution in [-0.2, 0) is 4.74 Å². The van der Waals surface area contributed by atoms with Crippen LogP contribution in [0, 0.1) is 0 Å². The molecule has 30 heavy (non-hydrogen) atoms. The number of aliphatic hydroxyl groups excluding tert-OH is 3. The third kappa shape index (κ3) is 2.67. The fourth-order valence-electron chi connectivity index (χ4n) is 4.07. The van der Waals surface area contributed by atoms with Gasteiger partial charge in [-0.05, 0) is 12.1 Å². The lowest BCUT2D eigenvalue weighted by Crippen LogP contribution is -2.55. The molecule has 5 atom stereocenters. The van der Waals surface area contributed by atoms with Gasteiger partial charge in [-0.25, -0.2) is 0 Å². The first-order valence-electron chi connectivity index (χ1n) is 9.31. The number of phenolic OH excluding ortho intramolecular Hbond substituents is 2. The maximum Gasteiger partial charge on any atom is 0.197 e. The molecule has 5 N–H and O–H groups in total. The van der Waals surface area contributed by atoms with Gasteiger partial charge in [0.2, 0.25) is 0 Å². The number of aliphatic hydroxyl groups is 3. The first-order chi connectivity index (χ1) is 14.4. The zero-order valence-corrected chi connectivity index (χ0v) is 15.4. The minimum atomic E-state index is -1.38. The fourth-order valence-corrected chi connectivity index (χ4v) is 4.07. The van der Waals surface area contributed by atoms with Crippen LogP contribution in [0.4, 0.5) is 0 Å². The molecule has 9 heteroatoms. The lowest BCUT2D eigenvalue weighted by atomic mass is 9.92. The molecule has 0 saturated carbocycles. The highest BCUT2D eigenvalue weighted by atomic mass is 16.6. The van der Waals surface area contributed by atoms with Crippen molar-refractivity contribution in [3.8, 4) is 28.6 Å². The highest BCUT2D eigenvalue weighted by Gasteiger charge is 2.52. The van der Waals surface area contributed by atoms with Crippen molar-refractivity contribution in [3.63, 3.8) is 0 Å². The number of ether oxygens (including phenoxy) is 2. The monoisotopic (exact) mass is 414 g/mol. The van der Waals surface area contributed by atoms with E-state index in [2.05, 4.69) is 0 Å². The lowest BCUT2D eigenvalue weighted by Gasteiger charge is -2.38. The minimum absolute atomic E-state index is 0.00240. The molecule has 0 aliphatic carbocycles. The van der Waals surface area contributed by atoms with E-state index in [0.29, 0.717) is 5.56 Å². The van der Waals surface area contributed by atoms with E-state index < -0.39 is 48.3 Å². The summed E-state index contributed by atoms with van der Waals surface area (Å²) in [6, 6.07) is 8.78. The van der Waals surface area contributed by atoms with Crippen molar-refractivity contribution in [2.24, 2.45) is 0 Å². The Balaban J connectivity index is 1.67. The summed E-state index contributed by atoms with van der Waals surface area (Å²) < 4.78 is 17.1. The van der Waals surface area contributed by atoms with Crippen molar-refractivity contribution in [1.29, 1.82) is 0 Å². The van der Waals surface area contributed by atoms with Crippen molar-refractivity contribution in [3.05, 3.63) is 52.2 Å². The summed E-state index contributed by atoms with van der Waals surface area (Å²) in [5.41, 5.74) is 0.142.